The Hall–Kier alpha value is -4.55. The fraction of sp³-hybridized carbons (Fsp3) is 0.235. The summed E-state index contributed by atoms with van der Waals surface area (Å²) in [6, 6.07) is 20.8. The molecule has 0 aromatic heterocycles. The number of halogens is 4. The molecule has 0 aliphatic carbocycles. The predicted octanol–water partition coefficient (Wildman–Crippen LogP) is 6.62. The van der Waals surface area contributed by atoms with Crippen LogP contribution in [0.25, 0.3) is 11.1 Å². The van der Waals surface area contributed by atoms with E-state index in [1.54, 1.807) is 55.5 Å². The van der Waals surface area contributed by atoms with Crippen LogP contribution in [0.3, 0.4) is 0 Å². The van der Waals surface area contributed by atoms with E-state index in [1.165, 1.54) is 31.4 Å². The minimum atomic E-state index is -4.58. The van der Waals surface area contributed by atoms with E-state index in [1.807, 2.05) is 0 Å². The van der Waals surface area contributed by atoms with Gasteiger partial charge < -0.3 is 14.8 Å². The minimum absolute atomic E-state index is 0.0768. The Kier molecular flexibility index (Phi) is 9.83. The first-order chi connectivity index (χ1) is 22.3. The van der Waals surface area contributed by atoms with Crippen molar-refractivity contribution in [2.24, 2.45) is 0 Å². The van der Waals surface area contributed by atoms with Crippen molar-refractivity contribution < 1.29 is 40.7 Å². The van der Waals surface area contributed by atoms with Crippen LogP contribution >= 0.6 is 11.6 Å². The van der Waals surface area contributed by atoms with Crippen LogP contribution in [0, 0.1) is 0 Å². The maximum Gasteiger partial charge on any atom is 0.416 e. The SMILES string of the molecule is COC(=O)C(C)c1ccc(OCCNC(=O)[C@@H]2Cc3ccccc3N2S(=O)(=O)c2ccc(-c3cc(C(F)(F)F)ccc3Cl)cc2)cc1. The molecule has 0 saturated heterocycles. The maximum absolute atomic E-state index is 14.0. The Morgan fingerprint density at radius 3 is 2.34 bits per heavy atom. The van der Waals surface area contributed by atoms with Crippen molar-refractivity contribution in [3.63, 3.8) is 0 Å². The molecular weight excluding hydrogens is 657 g/mol. The van der Waals surface area contributed by atoms with Crippen molar-refractivity contribution >= 4 is 39.2 Å². The number of fused-ring (bicyclic) bond motifs is 1. The van der Waals surface area contributed by atoms with Crippen molar-refractivity contribution in [3.05, 3.63) is 113 Å². The number of methoxy groups -OCH3 is 1. The van der Waals surface area contributed by atoms with Gasteiger partial charge in [0, 0.05) is 17.0 Å². The molecule has 0 fully saturated rings. The summed E-state index contributed by atoms with van der Waals surface area (Å²) in [6.07, 6.45) is -4.44. The summed E-state index contributed by atoms with van der Waals surface area (Å²) in [6.45, 7) is 1.92. The van der Waals surface area contributed by atoms with Crippen LogP contribution in [0.1, 0.15) is 29.5 Å². The topological polar surface area (TPSA) is 102 Å². The molecule has 1 unspecified atom stereocenters. The van der Waals surface area contributed by atoms with Crippen molar-refractivity contribution in [1.29, 1.82) is 0 Å². The number of para-hydroxylation sites is 1. The number of ether oxygens (including phenoxy) is 2. The second-order valence-electron chi connectivity index (χ2n) is 10.8. The highest BCUT2D eigenvalue weighted by Crippen LogP contribution is 2.39. The first-order valence-electron chi connectivity index (χ1n) is 14.5. The van der Waals surface area contributed by atoms with Crippen LogP contribution in [0.15, 0.2) is 95.9 Å². The molecule has 8 nitrogen and oxygen atoms in total. The molecular formula is C34H30ClF3N2O6S. The largest absolute Gasteiger partial charge is 0.492 e. The number of sulfonamides is 1. The van der Waals surface area contributed by atoms with E-state index in [2.05, 4.69) is 5.32 Å². The lowest BCUT2D eigenvalue weighted by molar-refractivity contribution is -0.142. The van der Waals surface area contributed by atoms with Crippen LogP contribution in [0.4, 0.5) is 18.9 Å². The van der Waals surface area contributed by atoms with Gasteiger partial charge in [0.1, 0.15) is 18.4 Å². The number of amides is 1. The number of hydrogen-bond acceptors (Lipinski definition) is 6. The Morgan fingerprint density at radius 1 is 1.00 bits per heavy atom. The number of carbonyl (C=O) groups excluding carboxylic acids is 2. The van der Waals surface area contributed by atoms with Gasteiger partial charge in [0.05, 0.1) is 35.7 Å². The van der Waals surface area contributed by atoms with Crippen LogP contribution in [-0.2, 0) is 36.9 Å². The summed E-state index contributed by atoms with van der Waals surface area (Å²) in [4.78, 5) is 25.0. The summed E-state index contributed by atoms with van der Waals surface area (Å²) >= 11 is 6.18. The molecule has 4 aromatic rings. The van der Waals surface area contributed by atoms with E-state index >= 15 is 0 Å². The Bertz CT molecular complexity index is 1880. The molecule has 1 aliphatic rings. The van der Waals surface area contributed by atoms with Crippen LogP contribution in [0.2, 0.25) is 5.02 Å². The summed E-state index contributed by atoms with van der Waals surface area (Å²) in [5.74, 6) is -0.797. The molecule has 0 saturated carbocycles. The molecule has 47 heavy (non-hydrogen) atoms. The summed E-state index contributed by atoms with van der Waals surface area (Å²) in [5, 5.41) is 2.83. The molecule has 1 aliphatic heterocycles. The van der Waals surface area contributed by atoms with Crippen molar-refractivity contribution in [2.75, 3.05) is 24.6 Å². The van der Waals surface area contributed by atoms with Gasteiger partial charge in [-0.1, -0.05) is 54.1 Å². The highest BCUT2D eigenvalue weighted by atomic mass is 35.5. The maximum atomic E-state index is 14.0. The third-order valence-electron chi connectivity index (χ3n) is 7.85. The molecule has 2 atom stereocenters. The molecule has 0 spiro atoms. The number of carbonyl (C=O) groups is 2. The number of benzene rings is 4. The first kappa shape index (κ1) is 33.8. The molecule has 246 valence electrons. The van der Waals surface area contributed by atoms with E-state index in [9.17, 15) is 31.2 Å². The van der Waals surface area contributed by atoms with E-state index < -0.39 is 39.6 Å². The van der Waals surface area contributed by atoms with Gasteiger partial charge in [-0.05, 0) is 72.1 Å². The average molecular weight is 687 g/mol. The molecule has 1 heterocycles. The van der Waals surface area contributed by atoms with Crippen molar-refractivity contribution in [1.82, 2.24) is 5.32 Å². The molecule has 4 aromatic carbocycles. The van der Waals surface area contributed by atoms with E-state index in [-0.39, 0.29) is 41.0 Å². The fourth-order valence-corrected chi connectivity index (χ4v) is 7.20. The van der Waals surface area contributed by atoms with E-state index in [0.717, 1.165) is 28.1 Å². The molecule has 1 amide bonds. The van der Waals surface area contributed by atoms with Gasteiger partial charge in [0.25, 0.3) is 10.0 Å². The minimum Gasteiger partial charge on any atom is -0.492 e. The standard InChI is InChI=1S/C34H30ClF3N2O6S/c1-21(33(42)45-2)22-7-12-26(13-8-22)46-18-17-39-32(41)31-19-24-5-3-4-6-30(24)40(31)47(43,44)27-14-9-23(10-15-27)28-20-25(34(36,37)38)11-16-29(28)35/h3-16,20-21,31H,17-19H2,1-2H3,(H,39,41)/t21?,31-/m0/s1. The van der Waals surface area contributed by atoms with Gasteiger partial charge in [-0.25, -0.2) is 8.42 Å². The van der Waals surface area contributed by atoms with Crippen molar-refractivity contribution in [3.8, 4) is 16.9 Å². The van der Waals surface area contributed by atoms with E-state index in [0.29, 0.717) is 22.6 Å². The van der Waals surface area contributed by atoms with Gasteiger partial charge in [-0.3, -0.25) is 13.9 Å². The first-order valence-corrected chi connectivity index (χ1v) is 16.3. The zero-order valence-electron chi connectivity index (χ0n) is 25.3. The number of rotatable bonds is 10. The molecule has 1 N–H and O–H groups in total. The third kappa shape index (κ3) is 7.23. The average Bonchev–Trinajstić information content (AvgIpc) is 3.47. The van der Waals surface area contributed by atoms with E-state index in [4.69, 9.17) is 21.1 Å². The zero-order valence-corrected chi connectivity index (χ0v) is 26.8. The smallest absolute Gasteiger partial charge is 0.416 e. The summed E-state index contributed by atoms with van der Waals surface area (Å²) in [5.41, 5.74) is 1.29. The highest BCUT2D eigenvalue weighted by molar-refractivity contribution is 7.93. The summed E-state index contributed by atoms with van der Waals surface area (Å²) in [7, 11) is -2.96. The Balaban J connectivity index is 1.29. The summed E-state index contributed by atoms with van der Waals surface area (Å²) < 4.78 is 79.4. The quantitative estimate of drug-likeness (QED) is 0.149. The second kappa shape index (κ2) is 13.7. The van der Waals surface area contributed by atoms with Gasteiger partial charge in [0.15, 0.2) is 0 Å². The highest BCUT2D eigenvalue weighted by Gasteiger charge is 2.42. The fourth-order valence-electron chi connectivity index (χ4n) is 5.32. The monoisotopic (exact) mass is 686 g/mol. The van der Waals surface area contributed by atoms with Crippen molar-refractivity contribution in [2.45, 2.75) is 36.4 Å². The normalized spacial score (nSPS) is 15.1. The lowest BCUT2D eigenvalue weighted by Crippen LogP contribution is -2.48. The molecule has 0 bridgehead atoms. The predicted molar refractivity (Wildman–Crippen MR) is 171 cm³/mol. The Labute approximate surface area is 275 Å². The van der Waals surface area contributed by atoms with Crippen LogP contribution in [0.5, 0.6) is 5.75 Å². The molecule has 13 heteroatoms. The van der Waals surface area contributed by atoms with Crippen LogP contribution in [-0.4, -0.2) is 46.6 Å². The third-order valence-corrected chi connectivity index (χ3v) is 10.0. The second-order valence-corrected chi connectivity index (χ2v) is 13.0. The van der Waals surface area contributed by atoms with Gasteiger partial charge in [0.2, 0.25) is 5.91 Å². The zero-order chi connectivity index (χ0) is 33.9. The van der Waals surface area contributed by atoms with Gasteiger partial charge >= 0.3 is 12.1 Å². The number of nitrogens with zero attached hydrogens (tertiary/aromatic N) is 1. The lowest BCUT2D eigenvalue weighted by atomic mass is 10.0. The number of esters is 1. The molecule has 5 rings (SSSR count). The Morgan fingerprint density at radius 2 is 1.68 bits per heavy atom. The van der Waals surface area contributed by atoms with Crippen LogP contribution < -0.4 is 14.4 Å². The van der Waals surface area contributed by atoms with Gasteiger partial charge in [-0.15, -0.1) is 0 Å². The van der Waals surface area contributed by atoms with Gasteiger partial charge in [-0.2, -0.15) is 13.2 Å². The number of hydrogen-bond donors (Lipinski definition) is 1. The number of anilines is 1. The number of nitrogens with one attached hydrogen (secondary N) is 1. The lowest BCUT2D eigenvalue weighted by Gasteiger charge is -2.26. The molecule has 0 radical (unpaired) electrons. The number of alkyl halides is 3.